The number of halogens is 1. The first-order chi connectivity index (χ1) is 14.1. The highest BCUT2D eigenvalue weighted by atomic mass is 127. The molecule has 0 radical (unpaired) electrons. The average molecular weight is 538 g/mol. The maximum absolute atomic E-state index is 10.8. The lowest BCUT2D eigenvalue weighted by atomic mass is 10.2. The van der Waals surface area contributed by atoms with Gasteiger partial charge in [-0.25, -0.2) is 4.99 Å². The quantitative estimate of drug-likeness (QED) is 0.143. The maximum atomic E-state index is 10.8. The van der Waals surface area contributed by atoms with Crippen LogP contribution in [0.2, 0.25) is 0 Å². The van der Waals surface area contributed by atoms with Gasteiger partial charge in [0, 0.05) is 23.6 Å². The van der Waals surface area contributed by atoms with Crippen LogP contribution in [0, 0.1) is 10.1 Å². The largest absolute Gasteiger partial charge is 0.497 e. The SMILES string of the molecule is COc1ccc(CN=C(NCc2ccc([N+](=O)[O-])cc2)NCc2cccs2)cc1.I. The first-order valence-electron chi connectivity index (χ1n) is 9.05. The third-order valence-corrected chi connectivity index (χ3v) is 5.07. The van der Waals surface area contributed by atoms with Crippen LogP contribution in [0.3, 0.4) is 0 Å². The molecule has 158 valence electrons. The van der Waals surface area contributed by atoms with E-state index in [1.165, 1.54) is 17.0 Å². The first kappa shape index (κ1) is 23.6. The molecule has 0 saturated carbocycles. The number of aliphatic imine (C=N–C) groups is 1. The molecule has 1 heterocycles. The lowest BCUT2D eigenvalue weighted by molar-refractivity contribution is -0.384. The Bertz CT molecular complexity index is 945. The van der Waals surface area contributed by atoms with E-state index < -0.39 is 4.92 Å². The second-order valence-corrected chi connectivity index (χ2v) is 7.26. The normalized spacial score (nSPS) is 10.8. The van der Waals surface area contributed by atoms with Crippen molar-refractivity contribution in [2.45, 2.75) is 19.6 Å². The average Bonchev–Trinajstić information content (AvgIpc) is 3.27. The molecular formula is C21H23IN4O3S. The van der Waals surface area contributed by atoms with Gasteiger partial charge in [-0.1, -0.05) is 30.3 Å². The van der Waals surface area contributed by atoms with Crippen LogP contribution in [-0.2, 0) is 19.6 Å². The molecule has 0 aliphatic carbocycles. The monoisotopic (exact) mass is 538 g/mol. The van der Waals surface area contributed by atoms with Crippen LogP contribution in [0.4, 0.5) is 5.69 Å². The number of hydrogen-bond donors (Lipinski definition) is 2. The summed E-state index contributed by atoms with van der Waals surface area (Å²) in [4.78, 5) is 16.3. The Hall–Kier alpha value is -2.66. The number of nitro benzene ring substituents is 1. The number of ether oxygens (including phenoxy) is 1. The van der Waals surface area contributed by atoms with E-state index in [0.717, 1.165) is 16.9 Å². The number of guanidine groups is 1. The number of rotatable bonds is 8. The van der Waals surface area contributed by atoms with Gasteiger partial charge in [0.05, 0.1) is 25.1 Å². The van der Waals surface area contributed by atoms with Gasteiger partial charge in [-0.05, 0) is 34.7 Å². The summed E-state index contributed by atoms with van der Waals surface area (Å²) in [6, 6.07) is 18.4. The number of nitro groups is 1. The molecule has 0 aliphatic heterocycles. The molecule has 1 aromatic heterocycles. The lowest BCUT2D eigenvalue weighted by Crippen LogP contribution is -2.36. The Morgan fingerprint density at radius 1 is 1.03 bits per heavy atom. The van der Waals surface area contributed by atoms with Crippen LogP contribution in [0.5, 0.6) is 5.75 Å². The van der Waals surface area contributed by atoms with Crippen LogP contribution in [0.15, 0.2) is 71.0 Å². The van der Waals surface area contributed by atoms with Crippen LogP contribution in [0.25, 0.3) is 0 Å². The molecule has 0 spiro atoms. The summed E-state index contributed by atoms with van der Waals surface area (Å²) in [7, 11) is 1.64. The van der Waals surface area contributed by atoms with Crippen molar-refractivity contribution < 1.29 is 9.66 Å². The summed E-state index contributed by atoms with van der Waals surface area (Å²) < 4.78 is 5.18. The number of nitrogens with one attached hydrogen (secondary N) is 2. The standard InChI is InChI=1S/C21H22N4O3S.HI/c1-28-19-10-6-17(7-11-19)14-23-21(24-15-20-3-2-12-29-20)22-13-16-4-8-18(9-5-16)25(26)27;/h2-12H,13-15H2,1H3,(H2,22,23,24);1H. The molecule has 9 heteroatoms. The van der Waals surface area contributed by atoms with Gasteiger partial charge in [-0.2, -0.15) is 0 Å². The van der Waals surface area contributed by atoms with E-state index in [0.29, 0.717) is 25.6 Å². The summed E-state index contributed by atoms with van der Waals surface area (Å²) in [6.07, 6.45) is 0. The van der Waals surface area contributed by atoms with Gasteiger partial charge in [-0.3, -0.25) is 10.1 Å². The minimum Gasteiger partial charge on any atom is -0.497 e. The Morgan fingerprint density at radius 3 is 2.30 bits per heavy atom. The molecule has 2 aromatic carbocycles. The predicted octanol–water partition coefficient (Wildman–Crippen LogP) is 4.72. The van der Waals surface area contributed by atoms with Crippen molar-refractivity contribution in [2.24, 2.45) is 4.99 Å². The number of nitrogens with zero attached hydrogens (tertiary/aromatic N) is 2. The zero-order valence-electron chi connectivity index (χ0n) is 16.4. The van der Waals surface area contributed by atoms with Crippen molar-refractivity contribution in [3.63, 3.8) is 0 Å². The summed E-state index contributed by atoms with van der Waals surface area (Å²) in [5.74, 6) is 1.48. The van der Waals surface area contributed by atoms with Gasteiger partial charge >= 0.3 is 0 Å². The van der Waals surface area contributed by atoms with E-state index in [-0.39, 0.29) is 29.7 Å². The Kier molecular flexibility index (Phi) is 9.55. The predicted molar refractivity (Wildman–Crippen MR) is 131 cm³/mol. The molecular weight excluding hydrogens is 515 g/mol. The summed E-state index contributed by atoms with van der Waals surface area (Å²) >= 11 is 1.68. The molecule has 0 unspecified atom stereocenters. The van der Waals surface area contributed by atoms with Crippen molar-refractivity contribution in [2.75, 3.05) is 7.11 Å². The molecule has 0 bridgehead atoms. The van der Waals surface area contributed by atoms with Crippen LogP contribution < -0.4 is 15.4 Å². The molecule has 0 saturated heterocycles. The molecule has 0 fully saturated rings. The third-order valence-electron chi connectivity index (χ3n) is 4.20. The molecule has 30 heavy (non-hydrogen) atoms. The Balaban J connectivity index is 0.00000320. The van der Waals surface area contributed by atoms with Crippen molar-refractivity contribution in [1.82, 2.24) is 10.6 Å². The Morgan fingerprint density at radius 2 is 1.70 bits per heavy atom. The molecule has 0 amide bonds. The van der Waals surface area contributed by atoms with Gasteiger partial charge in [0.2, 0.25) is 0 Å². The van der Waals surface area contributed by atoms with E-state index in [4.69, 9.17) is 4.74 Å². The second-order valence-electron chi connectivity index (χ2n) is 6.22. The molecule has 2 N–H and O–H groups in total. The highest BCUT2D eigenvalue weighted by Gasteiger charge is 2.05. The number of methoxy groups -OCH3 is 1. The van der Waals surface area contributed by atoms with Gasteiger partial charge in [0.1, 0.15) is 5.75 Å². The lowest BCUT2D eigenvalue weighted by Gasteiger charge is -2.12. The minimum atomic E-state index is -0.401. The van der Waals surface area contributed by atoms with Gasteiger partial charge in [-0.15, -0.1) is 35.3 Å². The van der Waals surface area contributed by atoms with Crippen molar-refractivity contribution in [1.29, 1.82) is 0 Å². The fourth-order valence-corrected chi connectivity index (χ4v) is 3.23. The topological polar surface area (TPSA) is 88.8 Å². The van der Waals surface area contributed by atoms with E-state index in [1.807, 2.05) is 35.7 Å². The summed E-state index contributed by atoms with van der Waals surface area (Å²) in [5, 5.41) is 19.4. The van der Waals surface area contributed by atoms with E-state index in [1.54, 1.807) is 30.6 Å². The molecule has 3 rings (SSSR count). The number of benzene rings is 2. The van der Waals surface area contributed by atoms with Gasteiger partial charge in [0.15, 0.2) is 5.96 Å². The highest BCUT2D eigenvalue weighted by molar-refractivity contribution is 14.0. The summed E-state index contributed by atoms with van der Waals surface area (Å²) in [5.41, 5.74) is 2.09. The van der Waals surface area contributed by atoms with E-state index in [9.17, 15) is 10.1 Å². The van der Waals surface area contributed by atoms with Crippen LogP contribution in [0.1, 0.15) is 16.0 Å². The Labute approximate surface area is 196 Å². The van der Waals surface area contributed by atoms with E-state index in [2.05, 4.69) is 21.7 Å². The molecule has 0 atom stereocenters. The second kappa shape index (κ2) is 12.1. The number of thiophene rings is 1. The number of hydrogen-bond acceptors (Lipinski definition) is 5. The number of non-ortho nitro benzene ring substituents is 1. The fourth-order valence-electron chi connectivity index (χ4n) is 2.58. The first-order valence-corrected chi connectivity index (χ1v) is 9.93. The van der Waals surface area contributed by atoms with E-state index >= 15 is 0 Å². The third kappa shape index (κ3) is 7.30. The minimum absolute atomic E-state index is 0. The molecule has 3 aromatic rings. The smallest absolute Gasteiger partial charge is 0.269 e. The zero-order valence-corrected chi connectivity index (χ0v) is 19.6. The molecule has 7 nitrogen and oxygen atoms in total. The molecule has 0 aliphatic rings. The fraction of sp³-hybridized carbons (Fsp3) is 0.190. The van der Waals surface area contributed by atoms with Gasteiger partial charge in [0.25, 0.3) is 5.69 Å². The highest BCUT2D eigenvalue weighted by Crippen LogP contribution is 2.13. The van der Waals surface area contributed by atoms with Gasteiger partial charge < -0.3 is 15.4 Å². The van der Waals surface area contributed by atoms with Crippen molar-refractivity contribution in [3.05, 3.63) is 92.2 Å². The van der Waals surface area contributed by atoms with Crippen molar-refractivity contribution >= 4 is 47.0 Å². The zero-order chi connectivity index (χ0) is 20.5. The van der Waals surface area contributed by atoms with Crippen LogP contribution in [-0.4, -0.2) is 18.0 Å². The maximum Gasteiger partial charge on any atom is 0.269 e. The van der Waals surface area contributed by atoms with Crippen molar-refractivity contribution in [3.8, 4) is 5.75 Å². The summed E-state index contributed by atoms with van der Waals surface area (Å²) in [6.45, 7) is 1.70. The van der Waals surface area contributed by atoms with Crippen LogP contribution >= 0.6 is 35.3 Å².